The van der Waals surface area contributed by atoms with E-state index in [1.165, 1.54) is 37.8 Å². The molecule has 0 aliphatic heterocycles. The molecule has 1 aromatic heterocycles. The number of furan rings is 1. The van der Waals surface area contributed by atoms with Crippen LogP contribution in [0.3, 0.4) is 0 Å². The highest BCUT2D eigenvalue weighted by molar-refractivity contribution is 6.06. The Labute approximate surface area is 203 Å². The van der Waals surface area contributed by atoms with Crippen LogP contribution in [0.1, 0.15) is 76.2 Å². The van der Waals surface area contributed by atoms with Gasteiger partial charge in [0.25, 0.3) is 0 Å². The second-order valence-electron chi connectivity index (χ2n) is 10.3. The van der Waals surface area contributed by atoms with Crippen LogP contribution in [0, 0.1) is 41.0 Å². The summed E-state index contributed by atoms with van der Waals surface area (Å²) in [6.45, 7) is 5.97. The van der Waals surface area contributed by atoms with Gasteiger partial charge in [0.15, 0.2) is 23.2 Å². The average Bonchev–Trinajstić information content (AvgIpc) is 3.26. The largest absolute Gasteiger partial charge is 0.490 e. The molecule has 0 bridgehead atoms. The van der Waals surface area contributed by atoms with E-state index in [0.717, 1.165) is 25.7 Å². The molecule has 1 heterocycles. The minimum Gasteiger partial charge on any atom is -0.490 e. The molecule has 2 aliphatic rings. The Bertz CT molecular complexity index is 1230. The summed E-state index contributed by atoms with van der Waals surface area (Å²) in [5, 5.41) is -0.740. The Morgan fingerprint density at radius 2 is 1.40 bits per heavy atom. The summed E-state index contributed by atoms with van der Waals surface area (Å²) in [4.78, 5) is 0. The number of allylic oxidation sites excluding steroid dienone is 1. The highest BCUT2D eigenvalue weighted by atomic mass is 19.2. The quantitative estimate of drug-likeness (QED) is 0.255. The number of halogens is 4. The SMILES string of the molecule is C=CC1CCC(C2CCC(c3cc4oc5cc(OCCC)c(F)c(F)c5c4c(F)c3F)CC2)CC1. The molecule has 2 fully saturated rings. The predicted molar refractivity (Wildman–Crippen MR) is 130 cm³/mol. The lowest BCUT2D eigenvalue weighted by atomic mass is 9.68. The molecule has 3 aromatic rings. The summed E-state index contributed by atoms with van der Waals surface area (Å²) in [6, 6.07) is 2.70. The van der Waals surface area contributed by atoms with Gasteiger partial charge in [0.2, 0.25) is 5.82 Å². The van der Waals surface area contributed by atoms with E-state index < -0.39 is 23.3 Å². The molecule has 0 N–H and O–H groups in total. The lowest BCUT2D eigenvalue weighted by molar-refractivity contribution is 0.171. The first kappa shape index (κ1) is 24.2. The Morgan fingerprint density at radius 1 is 0.829 bits per heavy atom. The minimum absolute atomic E-state index is 0.0321. The Kier molecular flexibility index (Phi) is 6.82. The van der Waals surface area contributed by atoms with Crippen molar-refractivity contribution in [2.45, 2.75) is 70.6 Å². The van der Waals surface area contributed by atoms with Crippen LogP contribution >= 0.6 is 0 Å². The van der Waals surface area contributed by atoms with Crippen LogP contribution in [0.25, 0.3) is 21.9 Å². The normalized spacial score (nSPS) is 25.3. The van der Waals surface area contributed by atoms with E-state index in [2.05, 4.69) is 12.7 Å². The molecule has 0 spiro atoms. The van der Waals surface area contributed by atoms with Crippen LogP contribution in [-0.4, -0.2) is 6.61 Å². The van der Waals surface area contributed by atoms with Crippen molar-refractivity contribution < 1.29 is 26.7 Å². The van der Waals surface area contributed by atoms with Gasteiger partial charge in [-0.3, -0.25) is 0 Å². The first-order chi connectivity index (χ1) is 16.9. The van der Waals surface area contributed by atoms with Gasteiger partial charge in [0.05, 0.1) is 17.4 Å². The zero-order valence-corrected chi connectivity index (χ0v) is 20.1. The average molecular weight is 489 g/mol. The van der Waals surface area contributed by atoms with Gasteiger partial charge in [-0.2, -0.15) is 4.39 Å². The van der Waals surface area contributed by atoms with Crippen molar-refractivity contribution in [1.29, 1.82) is 0 Å². The van der Waals surface area contributed by atoms with Crippen molar-refractivity contribution in [2.24, 2.45) is 17.8 Å². The van der Waals surface area contributed by atoms with E-state index in [0.29, 0.717) is 24.2 Å². The zero-order valence-electron chi connectivity index (χ0n) is 20.1. The molecule has 0 saturated heterocycles. The third-order valence-corrected chi connectivity index (χ3v) is 8.30. The molecule has 0 atom stereocenters. The summed E-state index contributed by atoms with van der Waals surface area (Å²) in [5.41, 5.74) is 0.246. The van der Waals surface area contributed by atoms with Crippen molar-refractivity contribution in [1.82, 2.24) is 0 Å². The molecular weight excluding hydrogens is 456 g/mol. The van der Waals surface area contributed by atoms with E-state index in [-0.39, 0.29) is 45.8 Å². The molecule has 35 heavy (non-hydrogen) atoms. The first-order valence-electron chi connectivity index (χ1n) is 12.9. The maximum Gasteiger partial charge on any atom is 0.201 e. The van der Waals surface area contributed by atoms with Gasteiger partial charge < -0.3 is 9.15 Å². The van der Waals surface area contributed by atoms with E-state index in [9.17, 15) is 8.78 Å². The molecule has 0 unspecified atom stereocenters. The fraction of sp³-hybridized carbons (Fsp3) is 0.517. The summed E-state index contributed by atoms with van der Waals surface area (Å²) < 4.78 is 70.9. The van der Waals surface area contributed by atoms with Crippen molar-refractivity contribution in [3.63, 3.8) is 0 Å². The van der Waals surface area contributed by atoms with Crippen molar-refractivity contribution in [3.05, 3.63) is 53.6 Å². The number of fused-ring (bicyclic) bond motifs is 3. The summed E-state index contributed by atoms with van der Waals surface area (Å²) in [5.74, 6) is -3.13. The monoisotopic (exact) mass is 488 g/mol. The summed E-state index contributed by atoms with van der Waals surface area (Å²) >= 11 is 0. The lowest BCUT2D eigenvalue weighted by Gasteiger charge is -2.37. The molecule has 188 valence electrons. The van der Waals surface area contributed by atoms with E-state index >= 15 is 8.78 Å². The molecule has 5 rings (SSSR count). The summed E-state index contributed by atoms with van der Waals surface area (Å²) in [6.07, 6.45) is 11.0. The molecule has 2 aliphatic carbocycles. The van der Waals surface area contributed by atoms with Gasteiger partial charge in [0.1, 0.15) is 11.2 Å². The second kappa shape index (κ2) is 9.87. The fourth-order valence-corrected chi connectivity index (χ4v) is 6.32. The number of ether oxygens (including phenoxy) is 1. The second-order valence-corrected chi connectivity index (χ2v) is 10.3. The third kappa shape index (κ3) is 4.34. The van der Waals surface area contributed by atoms with Gasteiger partial charge in [0, 0.05) is 6.07 Å². The smallest absolute Gasteiger partial charge is 0.201 e. The third-order valence-electron chi connectivity index (χ3n) is 8.30. The molecule has 0 radical (unpaired) electrons. The van der Waals surface area contributed by atoms with Crippen LogP contribution in [0.2, 0.25) is 0 Å². The van der Waals surface area contributed by atoms with E-state index in [4.69, 9.17) is 9.15 Å². The molecule has 6 heteroatoms. The van der Waals surface area contributed by atoms with Crippen LogP contribution in [-0.2, 0) is 0 Å². The fourth-order valence-electron chi connectivity index (χ4n) is 6.32. The zero-order chi connectivity index (χ0) is 24.7. The Hall–Kier alpha value is -2.50. The highest BCUT2D eigenvalue weighted by Gasteiger charge is 2.33. The van der Waals surface area contributed by atoms with Crippen LogP contribution in [0.4, 0.5) is 17.6 Å². The minimum atomic E-state index is -1.29. The van der Waals surface area contributed by atoms with Gasteiger partial charge in [-0.05, 0) is 93.1 Å². The van der Waals surface area contributed by atoms with Gasteiger partial charge in [-0.15, -0.1) is 6.58 Å². The van der Waals surface area contributed by atoms with Crippen LogP contribution < -0.4 is 4.74 Å². The van der Waals surface area contributed by atoms with Crippen molar-refractivity contribution in [3.8, 4) is 5.75 Å². The van der Waals surface area contributed by atoms with Crippen LogP contribution in [0.15, 0.2) is 29.2 Å². The van der Waals surface area contributed by atoms with Gasteiger partial charge in [-0.1, -0.05) is 13.0 Å². The van der Waals surface area contributed by atoms with Gasteiger partial charge in [-0.25, -0.2) is 13.2 Å². The molecule has 0 amide bonds. The van der Waals surface area contributed by atoms with Crippen molar-refractivity contribution in [2.75, 3.05) is 6.61 Å². The van der Waals surface area contributed by atoms with Crippen molar-refractivity contribution >= 4 is 21.9 Å². The number of benzene rings is 2. The maximum absolute atomic E-state index is 15.3. The molecule has 2 saturated carbocycles. The molecular formula is C29H32F4O2. The predicted octanol–water partition coefficient (Wildman–Crippen LogP) is 9.20. The lowest BCUT2D eigenvalue weighted by Crippen LogP contribution is -2.25. The standard InChI is InChI=1S/C29H32F4O2/c1-3-13-34-23-15-22-25(29(33)27(23)31)24-21(35-22)14-20(26(30)28(24)32)19-11-9-18(10-12-19)17-7-5-16(4-2)6-8-17/h4,14-19H,2-3,5-13H2,1H3. The van der Waals surface area contributed by atoms with Gasteiger partial charge >= 0.3 is 0 Å². The number of hydrogen-bond donors (Lipinski definition) is 0. The highest BCUT2D eigenvalue weighted by Crippen LogP contribution is 2.46. The Morgan fingerprint density at radius 3 is 2.00 bits per heavy atom. The Balaban J connectivity index is 1.42. The molecule has 2 nitrogen and oxygen atoms in total. The maximum atomic E-state index is 15.3. The number of rotatable bonds is 6. The van der Waals surface area contributed by atoms with E-state index in [1.807, 2.05) is 6.92 Å². The molecule has 2 aromatic carbocycles. The van der Waals surface area contributed by atoms with Crippen LogP contribution in [0.5, 0.6) is 5.75 Å². The topological polar surface area (TPSA) is 22.4 Å². The number of hydrogen-bond acceptors (Lipinski definition) is 2. The van der Waals surface area contributed by atoms with E-state index in [1.54, 1.807) is 0 Å². The first-order valence-corrected chi connectivity index (χ1v) is 12.9. The summed E-state index contributed by atoms with van der Waals surface area (Å²) in [7, 11) is 0.